The second kappa shape index (κ2) is 8.88. The number of aryl methyl sites for hydroxylation is 2. The van der Waals surface area contributed by atoms with Gasteiger partial charge in [0.05, 0.1) is 19.1 Å². The Hall–Kier alpha value is -2.30. The number of pyridine rings is 1. The van der Waals surface area contributed by atoms with Crippen LogP contribution in [-0.4, -0.2) is 35.7 Å². The van der Waals surface area contributed by atoms with Crippen LogP contribution in [0.15, 0.2) is 54.6 Å². The standard InChI is InChI=1S/C21H23ClN2O2/c1-26-20-8-4-6-16-10-12-17(24-21(16)20)11-9-15-5-2-3-7-19(15)23-14-18(25)13-22/h2-8,10,12,18,23,25H,9,11,13-14H2,1H3. The number of nitrogens with zero attached hydrogens (tertiary/aromatic N) is 1. The summed E-state index contributed by atoms with van der Waals surface area (Å²) in [6, 6.07) is 18.2. The van der Waals surface area contributed by atoms with Gasteiger partial charge in [-0.1, -0.05) is 36.4 Å². The minimum absolute atomic E-state index is 0.220. The van der Waals surface area contributed by atoms with Crippen molar-refractivity contribution in [3.63, 3.8) is 0 Å². The molecule has 0 saturated heterocycles. The van der Waals surface area contributed by atoms with Crippen LogP contribution in [0.5, 0.6) is 5.75 Å². The Labute approximate surface area is 158 Å². The molecule has 0 fully saturated rings. The highest BCUT2D eigenvalue weighted by atomic mass is 35.5. The zero-order valence-corrected chi connectivity index (χ0v) is 15.5. The zero-order valence-electron chi connectivity index (χ0n) is 14.8. The number of aliphatic hydroxyl groups excluding tert-OH is 1. The van der Waals surface area contributed by atoms with E-state index in [-0.39, 0.29) is 5.88 Å². The van der Waals surface area contributed by atoms with Crippen LogP contribution < -0.4 is 10.1 Å². The number of aliphatic hydroxyl groups is 1. The normalized spacial score (nSPS) is 12.1. The van der Waals surface area contributed by atoms with Gasteiger partial charge in [0, 0.05) is 23.3 Å². The van der Waals surface area contributed by atoms with Crippen molar-refractivity contribution >= 4 is 28.2 Å². The Morgan fingerprint density at radius 1 is 1.08 bits per heavy atom. The highest BCUT2D eigenvalue weighted by Crippen LogP contribution is 2.24. The topological polar surface area (TPSA) is 54.4 Å². The molecule has 3 rings (SSSR count). The van der Waals surface area contributed by atoms with Gasteiger partial charge < -0.3 is 15.2 Å². The first kappa shape index (κ1) is 18.5. The number of alkyl halides is 1. The number of halogens is 1. The molecule has 0 spiro atoms. The van der Waals surface area contributed by atoms with Gasteiger partial charge >= 0.3 is 0 Å². The van der Waals surface area contributed by atoms with Gasteiger partial charge in [0.1, 0.15) is 11.3 Å². The zero-order chi connectivity index (χ0) is 18.4. The summed E-state index contributed by atoms with van der Waals surface area (Å²) in [7, 11) is 1.67. The molecule has 136 valence electrons. The van der Waals surface area contributed by atoms with E-state index in [4.69, 9.17) is 21.3 Å². The molecule has 2 N–H and O–H groups in total. The van der Waals surface area contributed by atoms with E-state index < -0.39 is 6.10 Å². The van der Waals surface area contributed by atoms with E-state index in [0.29, 0.717) is 6.54 Å². The number of hydrogen-bond donors (Lipinski definition) is 2. The maximum atomic E-state index is 9.65. The van der Waals surface area contributed by atoms with Gasteiger partial charge in [0.2, 0.25) is 0 Å². The SMILES string of the molecule is COc1cccc2ccc(CCc3ccccc3NCC(O)CCl)nc12. The highest BCUT2D eigenvalue weighted by Gasteiger charge is 2.08. The number of ether oxygens (including phenoxy) is 1. The van der Waals surface area contributed by atoms with Crippen molar-refractivity contribution in [2.24, 2.45) is 0 Å². The lowest BCUT2D eigenvalue weighted by Crippen LogP contribution is -2.21. The van der Waals surface area contributed by atoms with E-state index in [1.807, 2.05) is 36.4 Å². The first-order valence-electron chi connectivity index (χ1n) is 8.69. The van der Waals surface area contributed by atoms with Crippen LogP contribution in [0.4, 0.5) is 5.69 Å². The van der Waals surface area contributed by atoms with Gasteiger partial charge in [-0.2, -0.15) is 0 Å². The Kier molecular flexibility index (Phi) is 6.31. The summed E-state index contributed by atoms with van der Waals surface area (Å²) in [4.78, 5) is 4.78. The number of benzene rings is 2. The smallest absolute Gasteiger partial charge is 0.145 e. The van der Waals surface area contributed by atoms with Crippen molar-refractivity contribution in [3.05, 3.63) is 65.9 Å². The number of nitrogens with one attached hydrogen (secondary N) is 1. The van der Waals surface area contributed by atoms with Crippen LogP contribution >= 0.6 is 11.6 Å². The van der Waals surface area contributed by atoms with Crippen LogP contribution in [0.3, 0.4) is 0 Å². The lowest BCUT2D eigenvalue weighted by molar-refractivity contribution is 0.211. The molecule has 0 saturated carbocycles. The Morgan fingerprint density at radius 3 is 2.73 bits per heavy atom. The molecule has 26 heavy (non-hydrogen) atoms. The number of rotatable bonds is 8. The lowest BCUT2D eigenvalue weighted by atomic mass is 10.0. The van der Waals surface area contributed by atoms with Crippen molar-refractivity contribution in [2.75, 3.05) is 24.9 Å². The van der Waals surface area contributed by atoms with E-state index in [1.54, 1.807) is 7.11 Å². The third kappa shape index (κ3) is 4.45. The van der Waals surface area contributed by atoms with E-state index in [9.17, 15) is 5.11 Å². The Morgan fingerprint density at radius 2 is 1.92 bits per heavy atom. The summed E-state index contributed by atoms with van der Waals surface area (Å²) in [6.45, 7) is 0.436. The largest absolute Gasteiger partial charge is 0.494 e. The molecule has 0 aliphatic heterocycles. The van der Waals surface area contributed by atoms with Crippen LogP contribution in [-0.2, 0) is 12.8 Å². The Bertz CT molecular complexity index is 870. The first-order chi connectivity index (χ1) is 12.7. The number of anilines is 1. The molecule has 1 aromatic heterocycles. The van der Waals surface area contributed by atoms with Crippen molar-refractivity contribution in [2.45, 2.75) is 18.9 Å². The molecule has 0 bridgehead atoms. The van der Waals surface area contributed by atoms with Crippen molar-refractivity contribution in [3.8, 4) is 5.75 Å². The third-order valence-corrected chi connectivity index (χ3v) is 4.69. The number of aromatic nitrogens is 1. The van der Waals surface area contributed by atoms with Crippen molar-refractivity contribution in [1.82, 2.24) is 4.98 Å². The van der Waals surface area contributed by atoms with Crippen LogP contribution in [0, 0.1) is 0 Å². The lowest BCUT2D eigenvalue weighted by Gasteiger charge is -2.14. The quantitative estimate of drug-likeness (QED) is 0.587. The summed E-state index contributed by atoms with van der Waals surface area (Å²) in [5, 5.41) is 14.0. The first-order valence-corrected chi connectivity index (χ1v) is 9.23. The number of para-hydroxylation sites is 2. The molecule has 0 amide bonds. The van der Waals surface area contributed by atoms with Crippen molar-refractivity contribution < 1.29 is 9.84 Å². The van der Waals surface area contributed by atoms with Gasteiger partial charge in [-0.15, -0.1) is 11.6 Å². The van der Waals surface area contributed by atoms with E-state index in [0.717, 1.165) is 40.9 Å². The van der Waals surface area contributed by atoms with Crippen LogP contribution in [0.1, 0.15) is 11.3 Å². The van der Waals surface area contributed by atoms with Gasteiger partial charge in [-0.3, -0.25) is 0 Å². The van der Waals surface area contributed by atoms with E-state index >= 15 is 0 Å². The minimum Gasteiger partial charge on any atom is -0.494 e. The van der Waals surface area contributed by atoms with Gasteiger partial charge in [-0.05, 0) is 36.6 Å². The molecular formula is C21H23ClN2O2. The maximum Gasteiger partial charge on any atom is 0.145 e. The second-order valence-corrected chi connectivity index (χ2v) is 6.49. The molecule has 3 aromatic rings. The molecule has 0 aliphatic carbocycles. The van der Waals surface area contributed by atoms with Crippen molar-refractivity contribution in [1.29, 1.82) is 0 Å². The molecular weight excluding hydrogens is 348 g/mol. The monoisotopic (exact) mass is 370 g/mol. The predicted octanol–water partition coefficient (Wildman–Crippen LogP) is 4.04. The average molecular weight is 371 g/mol. The fourth-order valence-electron chi connectivity index (χ4n) is 2.92. The molecule has 2 aromatic carbocycles. The summed E-state index contributed by atoms with van der Waals surface area (Å²) in [5.74, 6) is 1.01. The highest BCUT2D eigenvalue weighted by molar-refractivity contribution is 6.18. The molecule has 0 radical (unpaired) electrons. The predicted molar refractivity (Wildman–Crippen MR) is 107 cm³/mol. The number of hydrogen-bond acceptors (Lipinski definition) is 4. The maximum absolute atomic E-state index is 9.65. The summed E-state index contributed by atoms with van der Waals surface area (Å²) in [6.07, 6.45) is 1.12. The molecule has 1 heterocycles. The summed E-state index contributed by atoms with van der Waals surface area (Å²) < 4.78 is 5.42. The molecule has 1 unspecified atom stereocenters. The fourth-order valence-corrected chi connectivity index (χ4v) is 3.03. The van der Waals surface area contributed by atoms with E-state index in [1.165, 1.54) is 5.56 Å². The summed E-state index contributed by atoms with van der Waals surface area (Å²) in [5.41, 5.74) is 4.13. The van der Waals surface area contributed by atoms with E-state index in [2.05, 4.69) is 23.5 Å². The fraction of sp³-hybridized carbons (Fsp3) is 0.286. The minimum atomic E-state index is -0.556. The molecule has 0 aliphatic rings. The Balaban J connectivity index is 1.74. The third-order valence-electron chi connectivity index (χ3n) is 4.33. The van der Waals surface area contributed by atoms with Crippen LogP contribution in [0.25, 0.3) is 10.9 Å². The van der Waals surface area contributed by atoms with Gasteiger partial charge in [0.15, 0.2) is 0 Å². The molecule has 5 heteroatoms. The van der Waals surface area contributed by atoms with Crippen LogP contribution in [0.2, 0.25) is 0 Å². The average Bonchev–Trinajstić information content (AvgIpc) is 2.70. The second-order valence-electron chi connectivity index (χ2n) is 6.18. The number of methoxy groups -OCH3 is 1. The van der Waals surface area contributed by atoms with Gasteiger partial charge in [0.25, 0.3) is 0 Å². The molecule has 1 atom stereocenters. The molecule has 4 nitrogen and oxygen atoms in total. The number of fused-ring (bicyclic) bond motifs is 1. The van der Waals surface area contributed by atoms with Gasteiger partial charge in [-0.25, -0.2) is 4.98 Å². The summed E-state index contributed by atoms with van der Waals surface area (Å²) >= 11 is 5.66.